The molecule has 1 aromatic rings. The van der Waals surface area contributed by atoms with Gasteiger partial charge in [0.15, 0.2) is 5.82 Å². The van der Waals surface area contributed by atoms with Crippen molar-refractivity contribution in [2.75, 3.05) is 27.2 Å². The maximum Gasteiger partial charge on any atom is 0.236 e. The van der Waals surface area contributed by atoms with Crippen LogP contribution in [0.2, 0.25) is 0 Å². The van der Waals surface area contributed by atoms with Gasteiger partial charge in [0.25, 0.3) is 0 Å². The number of aryl methyl sites for hydroxylation is 1. The number of carbonyl (C=O) groups is 1. The number of amides is 1. The van der Waals surface area contributed by atoms with E-state index in [2.05, 4.69) is 15.0 Å². The predicted molar refractivity (Wildman–Crippen MR) is 61.3 cm³/mol. The highest BCUT2D eigenvalue weighted by atomic mass is 16.5. The molecule has 17 heavy (non-hydrogen) atoms. The minimum atomic E-state index is 0.108. The molecular weight excluding hydrogens is 220 g/mol. The Labute approximate surface area is 101 Å². The molecule has 2 heterocycles. The average Bonchev–Trinajstić information content (AvgIpc) is 2.86. The van der Waals surface area contributed by atoms with E-state index in [1.165, 1.54) is 0 Å². The van der Waals surface area contributed by atoms with Crippen molar-refractivity contribution in [2.24, 2.45) is 0 Å². The Kier molecular flexibility index (Phi) is 3.42. The molecule has 0 aliphatic carbocycles. The number of rotatable bonds is 3. The van der Waals surface area contributed by atoms with Crippen molar-refractivity contribution >= 4 is 5.91 Å². The van der Waals surface area contributed by atoms with Crippen molar-refractivity contribution in [3.8, 4) is 0 Å². The molecule has 6 heteroatoms. The highest BCUT2D eigenvalue weighted by Gasteiger charge is 2.31. The lowest BCUT2D eigenvalue weighted by Gasteiger charge is -2.22. The fourth-order valence-corrected chi connectivity index (χ4v) is 2.07. The molecule has 0 aromatic carbocycles. The summed E-state index contributed by atoms with van der Waals surface area (Å²) in [5, 5.41) is 3.95. The van der Waals surface area contributed by atoms with Gasteiger partial charge in [0, 0.05) is 21.0 Å². The van der Waals surface area contributed by atoms with Gasteiger partial charge in [-0.15, -0.1) is 0 Å². The summed E-state index contributed by atoms with van der Waals surface area (Å²) in [5.74, 6) is 1.38. The van der Waals surface area contributed by atoms with E-state index < -0.39 is 0 Å². The molecule has 2 rings (SSSR count). The van der Waals surface area contributed by atoms with Gasteiger partial charge in [-0.05, 0) is 19.4 Å². The number of hydrogen-bond acceptors (Lipinski definition) is 5. The van der Waals surface area contributed by atoms with Crippen molar-refractivity contribution < 1.29 is 9.32 Å². The van der Waals surface area contributed by atoms with Crippen LogP contribution in [0, 0.1) is 6.92 Å². The second-order valence-corrected chi connectivity index (χ2v) is 4.59. The zero-order valence-electron chi connectivity index (χ0n) is 10.5. The third-order valence-corrected chi connectivity index (χ3v) is 3.04. The van der Waals surface area contributed by atoms with Crippen LogP contribution in [0.1, 0.15) is 30.6 Å². The molecule has 1 fully saturated rings. The molecule has 1 atom stereocenters. The summed E-state index contributed by atoms with van der Waals surface area (Å²) in [5.41, 5.74) is 0. The predicted octanol–water partition coefficient (Wildman–Crippen LogP) is 0.603. The first kappa shape index (κ1) is 12.0. The molecule has 1 saturated heterocycles. The number of carbonyl (C=O) groups excluding carboxylic acids is 1. The zero-order valence-corrected chi connectivity index (χ0v) is 10.5. The smallest absolute Gasteiger partial charge is 0.236 e. The van der Waals surface area contributed by atoms with Gasteiger partial charge in [0.05, 0.1) is 12.6 Å². The van der Waals surface area contributed by atoms with Crippen LogP contribution in [-0.2, 0) is 4.79 Å². The van der Waals surface area contributed by atoms with Gasteiger partial charge in [-0.1, -0.05) is 5.16 Å². The van der Waals surface area contributed by atoms with E-state index >= 15 is 0 Å². The Morgan fingerprint density at radius 3 is 2.94 bits per heavy atom. The Morgan fingerprint density at radius 2 is 2.35 bits per heavy atom. The molecule has 1 aromatic heterocycles. The number of nitrogens with zero attached hydrogens (tertiary/aromatic N) is 4. The number of likely N-dealkylation sites (N-methyl/N-ethyl adjacent to an activating group) is 1. The summed E-state index contributed by atoms with van der Waals surface area (Å²) in [6, 6.07) is 0.122. The normalized spacial score (nSPS) is 20.8. The van der Waals surface area contributed by atoms with E-state index in [-0.39, 0.29) is 11.9 Å². The van der Waals surface area contributed by atoms with Gasteiger partial charge >= 0.3 is 0 Å². The fourth-order valence-electron chi connectivity index (χ4n) is 2.07. The quantitative estimate of drug-likeness (QED) is 0.771. The minimum Gasteiger partial charge on any atom is -0.348 e. The summed E-state index contributed by atoms with van der Waals surface area (Å²) < 4.78 is 4.99. The molecule has 6 nitrogen and oxygen atoms in total. The van der Waals surface area contributed by atoms with E-state index in [0.29, 0.717) is 18.3 Å². The molecule has 0 spiro atoms. The first-order valence-corrected chi connectivity index (χ1v) is 5.82. The first-order chi connectivity index (χ1) is 8.08. The van der Waals surface area contributed by atoms with Crippen LogP contribution in [0.3, 0.4) is 0 Å². The Bertz CT molecular complexity index is 402. The van der Waals surface area contributed by atoms with Crippen molar-refractivity contribution in [1.29, 1.82) is 0 Å². The van der Waals surface area contributed by atoms with Gasteiger partial charge in [-0.2, -0.15) is 4.98 Å². The number of aromatic nitrogens is 2. The van der Waals surface area contributed by atoms with Crippen LogP contribution in [0.4, 0.5) is 0 Å². The molecule has 94 valence electrons. The monoisotopic (exact) mass is 238 g/mol. The second kappa shape index (κ2) is 4.83. The maximum atomic E-state index is 11.7. The van der Waals surface area contributed by atoms with Gasteiger partial charge < -0.3 is 9.42 Å². The molecule has 1 aliphatic rings. The molecule has 0 bridgehead atoms. The number of hydrogen-bond donors (Lipinski definition) is 0. The largest absolute Gasteiger partial charge is 0.348 e. The van der Waals surface area contributed by atoms with E-state index in [1.54, 1.807) is 25.9 Å². The van der Waals surface area contributed by atoms with Crippen LogP contribution in [0.25, 0.3) is 0 Å². The van der Waals surface area contributed by atoms with Gasteiger partial charge in [0.1, 0.15) is 0 Å². The SMILES string of the molecule is Cc1nc([C@H]2CCCN2CC(=O)N(C)C)no1. The van der Waals surface area contributed by atoms with Gasteiger partial charge in [-0.3, -0.25) is 9.69 Å². The van der Waals surface area contributed by atoms with Crippen molar-refractivity contribution in [3.63, 3.8) is 0 Å². The summed E-state index contributed by atoms with van der Waals surface area (Å²) in [4.78, 5) is 19.7. The average molecular weight is 238 g/mol. The fraction of sp³-hybridized carbons (Fsp3) is 0.727. The summed E-state index contributed by atoms with van der Waals surface area (Å²) in [7, 11) is 3.54. The molecule has 1 amide bonds. The van der Waals surface area contributed by atoms with E-state index in [1.807, 2.05) is 0 Å². The maximum absolute atomic E-state index is 11.7. The Balaban J connectivity index is 2.05. The van der Waals surface area contributed by atoms with E-state index in [4.69, 9.17) is 4.52 Å². The topological polar surface area (TPSA) is 62.5 Å². The summed E-state index contributed by atoms with van der Waals surface area (Å²) in [6.07, 6.45) is 2.05. The van der Waals surface area contributed by atoms with Crippen LogP contribution in [-0.4, -0.2) is 53.0 Å². The highest BCUT2D eigenvalue weighted by molar-refractivity contribution is 5.77. The molecule has 0 N–H and O–H groups in total. The third-order valence-electron chi connectivity index (χ3n) is 3.04. The Morgan fingerprint density at radius 1 is 1.59 bits per heavy atom. The van der Waals surface area contributed by atoms with Crippen molar-refractivity contribution in [2.45, 2.75) is 25.8 Å². The molecule has 0 radical (unpaired) electrons. The zero-order chi connectivity index (χ0) is 12.4. The van der Waals surface area contributed by atoms with Crippen LogP contribution in [0.5, 0.6) is 0 Å². The van der Waals surface area contributed by atoms with Crippen LogP contribution in [0.15, 0.2) is 4.52 Å². The first-order valence-electron chi connectivity index (χ1n) is 5.82. The van der Waals surface area contributed by atoms with Gasteiger partial charge in [-0.25, -0.2) is 0 Å². The summed E-state index contributed by atoms with van der Waals surface area (Å²) >= 11 is 0. The molecule has 0 saturated carbocycles. The van der Waals surface area contributed by atoms with Crippen molar-refractivity contribution in [1.82, 2.24) is 19.9 Å². The van der Waals surface area contributed by atoms with Crippen molar-refractivity contribution in [3.05, 3.63) is 11.7 Å². The lowest BCUT2D eigenvalue weighted by Crippen LogP contribution is -2.36. The molecular formula is C11H18N4O2. The van der Waals surface area contributed by atoms with Crippen LogP contribution >= 0.6 is 0 Å². The van der Waals surface area contributed by atoms with E-state index in [9.17, 15) is 4.79 Å². The van der Waals surface area contributed by atoms with E-state index in [0.717, 1.165) is 19.4 Å². The minimum absolute atomic E-state index is 0.108. The Hall–Kier alpha value is -1.43. The lowest BCUT2D eigenvalue weighted by atomic mass is 10.2. The highest BCUT2D eigenvalue weighted by Crippen LogP contribution is 2.29. The van der Waals surface area contributed by atoms with Gasteiger partial charge in [0.2, 0.25) is 11.8 Å². The third kappa shape index (κ3) is 2.63. The lowest BCUT2D eigenvalue weighted by molar-refractivity contribution is -0.130. The molecule has 0 unspecified atom stereocenters. The molecule has 1 aliphatic heterocycles. The summed E-state index contributed by atoms with van der Waals surface area (Å²) in [6.45, 7) is 3.11. The standard InChI is InChI=1S/C11H18N4O2/c1-8-12-11(13-17-8)9-5-4-6-15(9)7-10(16)14(2)3/h9H,4-7H2,1-3H3/t9-/m1/s1. The number of likely N-dealkylation sites (tertiary alicyclic amines) is 1. The second-order valence-electron chi connectivity index (χ2n) is 4.59. The van der Waals surface area contributed by atoms with Crippen LogP contribution < -0.4 is 0 Å².